The first-order valence-electron chi connectivity index (χ1n) is 6.43. The van der Waals surface area contributed by atoms with Crippen LogP contribution in [-0.2, 0) is 4.79 Å². The van der Waals surface area contributed by atoms with Crippen LogP contribution in [0.1, 0.15) is 26.2 Å². The molecule has 0 saturated heterocycles. The van der Waals surface area contributed by atoms with E-state index >= 15 is 0 Å². The molecule has 0 amide bonds. The summed E-state index contributed by atoms with van der Waals surface area (Å²) < 4.78 is 5.33. The Balaban J connectivity index is 1.93. The molecule has 2 aromatic heterocycles. The van der Waals surface area contributed by atoms with Crippen molar-refractivity contribution < 1.29 is 14.3 Å². The van der Waals surface area contributed by atoms with E-state index in [-0.39, 0.29) is 6.04 Å². The lowest BCUT2D eigenvalue weighted by Crippen LogP contribution is -2.40. The standard InChI is InChI=1S/C14H16N2O3/c1-14(13(17)18)6-2-3-11(14)16-12-9-5-8-19-10(9)4-7-15-12/h4-5,7-8,11H,2-3,6H2,1H3,(H,15,16)(H,17,18). The van der Waals surface area contributed by atoms with Crippen molar-refractivity contribution in [2.24, 2.45) is 5.41 Å². The first-order chi connectivity index (χ1) is 9.11. The highest BCUT2D eigenvalue weighted by atomic mass is 16.4. The number of carboxylic acids is 1. The highest BCUT2D eigenvalue weighted by molar-refractivity contribution is 5.88. The number of carboxylic acid groups (broad SMARTS) is 1. The van der Waals surface area contributed by atoms with Gasteiger partial charge in [-0.25, -0.2) is 4.98 Å². The van der Waals surface area contributed by atoms with Crippen molar-refractivity contribution >= 4 is 22.8 Å². The van der Waals surface area contributed by atoms with Gasteiger partial charge in [-0.15, -0.1) is 0 Å². The quantitative estimate of drug-likeness (QED) is 0.887. The van der Waals surface area contributed by atoms with Crippen LogP contribution in [0.5, 0.6) is 0 Å². The fourth-order valence-corrected chi connectivity index (χ4v) is 2.83. The molecule has 5 heteroatoms. The lowest BCUT2D eigenvalue weighted by molar-refractivity contribution is -0.147. The highest BCUT2D eigenvalue weighted by Crippen LogP contribution is 2.40. The van der Waals surface area contributed by atoms with Crippen LogP contribution in [0, 0.1) is 5.41 Å². The van der Waals surface area contributed by atoms with Gasteiger partial charge in [0.1, 0.15) is 11.4 Å². The summed E-state index contributed by atoms with van der Waals surface area (Å²) in [6.07, 6.45) is 5.74. The average Bonchev–Trinajstić information content (AvgIpc) is 2.98. The van der Waals surface area contributed by atoms with Gasteiger partial charge in [0.2, 0.25) is 0 Å². The molecule has 1 aliphatic carbocycles. The summed E-state index contributed by atoms with van der Waals surface area (Å²) in [6.45, 7) is 1.80. The molecule has 1 fully saturated rings. The summed E-state index contributed by atoms with van der Waals surface area (Å²) in [5, 5.41) is 13.6. The molecule has 19 heavy (non-hydrogen) atoms. The second-order valence-electron chi connectivity index (χ2n) is 5.30. The van der Waals surface area contributed by atoms with Gasteiger partial charge < -0.3 is 14.8 Å². The number of fused-ring (bicyclic) bond motifs is 1. The number of aliphatic carboxylic acids is 1. The molecule has 0 aliphatic heterocycles. The van der Waals surface area contributed by atoms with E-state index in [4.69, 9.17) is 4.42 Å². The number of pyridine rings is 1. The van der Waals surface area contributed by atoms with Gasteiger partial charge in [0.15, 0.2) is 0 Å². The number of aromatic nitrogens is 1. The molecule has 1 aliphatic rings. The van der Waals surface area contributed by atoms with E-state index in [0.29, 0.717) is 12.2 Å². The van der Waals surface area contributed by atoms with E-state index < -0.39 is 11.4 Å². The first-order valence-corrected chi connectivity index (χ1v) is 6.43. The van der Waals surface area contributed by atoms with E-state index in [1.807, 2.05) is 6.07 Å². The molecule has 0 radical (unpaired) electrons. The Morgan fingerprint density at radius 3 is 3.21 bits per heavy atom. The maximum atomic E-state index is 11.5. The predicted molar refractivity (Wildman–Crippen MR) is 71.0 cm³/mol. The molecule has 2 atom stereocenters. The Morgan fingerprint density at radius 1 is 1.58 bits per heavy atom. The SMILES string of the molecule is CC1(C(=O)O)CCCC1Nc1nccc2occc12. The number of rotatable bonds is 3. The molecule has 0 bridgehead atoms. The molecular formula is C14H16N2O3. The van der Waals surface area contributed by atoms with Gasteiger partial charge in [-0.1, -0.05) is 6.42 Å². The van der Waals surface area contributed by atoms with Crippen LogP contribution in [0.4, 0.5) is 5.82 Å². The molecule has 1 saturated carbocycles. The Kier molecular flexibility index (Phi) is 2.69. The second-order valence-corrected chi connectivity index (χ2v) is 5.30. The predicted octanol–water partition coefficient (Wildman–Crippen LogP) is 2.88. The summed E-state index contributed by atoms with van der Waals surface area (Å²) in [5.41, 5.74) is 0.0284. The van der Waals surface area contributed by atoms with Crippen LogP contribution >= 0.6 is 0 Å². The molecule has 0 spiro atoms. The highest BCUT2D eigenvalue weighted by Gasteiger charge is 2.45. The summed E-state index contributed by atoms with van der Waals surface area (Å²) >= 11 is 0. The third-order valence-electron chi connectivity index (χ3n) is 4.14. The number of nitrogens with zero attached hydrogens (tertiary/aromatic N) is 1. The largest absolute Gasteiger partial charge is 0.481 e. The van der Waals surface area contributed by atoms with Crippen molar-refractivity contribution in [3.8, 4) is 0 Å². The van der Waals surface area contributed by atoms with Gasteiger partial charge >= 0.3 is 5.97 Å². The number of carbonyl (C=O) groups is 1. The smallest absolute Gasteiger partial charge is 0.311 e. The molecule has 2 unspecified atom stereocenters. The number of hydrogen-bond acceptors (Lipinski definition) is 4. The third kappa shape index (κ3) is 1.85. The van der Waals surface area contributed by atoms with Crippen LogP contribution in [0.25, 0.3) is 11.0 Å². The average molecular weight is 260 g/mol. The van der Waals surface area contributed by atoms with Crippen LogP contribution in [0.2, 0.25) is 0 Å². The Labute approximate surface area is 110 Å². The molecule has 2 N–H and O–H groups in total. The Bertz CT molecular complexity index is 622. The summed E-state index contributed by atoms with van der Waals surface area (Å²) in [5.74, 6) is -0.0486. The number of furan rings is 1. The van der Waals surface area contributed by atoms with Crippen LogP contribution in [-0.4, -0.2) is 22.1 Å². The van der Waals surface area contributed by atoms with Crippen molar-refractivity contribution in [1.82, 2.24) is 4.98 Å². The maximum Gasteiger partial charge on any atom is 0.311 e. The van der Waals surface area contributed by atoms with Crippen molar-refractivity contribution in [3.63, 3.8) is 0 Å². The van der Waals surface area contributed by atoms with Gasteiger partial charge in [-0.05, 0) is 31.9 Å². The summed E-state index contributed by atoms with van der Waals surface area (Å²) in [6, 6.07) is 3.54. The number of nitrogens with one attached hydrogen (secondary N) is 1. The number of hydrogen-bond donors (Lipinski definition) is 2. The van der Waals surface area contributed by atoms with Crippen molar-refractivity contribution in [1.29, 1.82) is 0 Å². The summed E-state index contributed by atoms with van der Waals surface area (Å²) in [7, 11) is 0. The van der Waals surface area contributed by atoms with Crippen LogP contribution < -0.4 is 5.32 Å². The normalized spacial score (nSPS) is 26.7. The fourth-order valence-electron chi connectivity index (χ4n) is 2.83. The Morgan fingerprint density at radius 2 is 2.42 bits per heavy atom. The molecule has 5 nitrogen and oxygen atoms in total. The van der Waals surface area contributed by atoms with Crippen molar-refractivity contribution in [2.45, 2.75) is 32.2 Å². The van der Waals surface area contributed by atoms with Gasteiger partial charge in [-0.2, -0.15) is 0 Å². The minimum Gasteiger partial charge on any atom is -0.481 e. The Hall–Kier alpha value is -2.04. The zero-order valence-corrected chi connectivity index (χ0v) is 10.7. The zero-order valence-electron chi connectivity index (χ0n) is 10.7. The van der Waals surface area contributed by atoms with Gasteiger partial charge in [0.25, 0.3) is 0 Å². The van der Waals surface area contributed by atoms with E-state index in [0.717, 1.165) is 23.8 Å². The topological polar surface area (TPSA) is 75.4 Å². The first kappa shape index (κ1) is 12.0. The fraction of sp³-hybridized carbons (Fsp3) is 0.429. The molecule has 2 aromatic rings. The molecule has 3 rings (SSSR count). The second kappa shape index (κ2) is 4.26. The zero-order chi connectivity index (χ0) is 13.5. The van der Waals surface area contributed by atoms with Crippen molar-refractivity contribution in [2.75, 3.05) is 5.32 Å². The van der Waals surface area contributed by atoms with E-state index in [1.54, 1.807) is 25.5 Å². The van der Waals surface area contributed by atoms with E-state index in [2.05, 4.69) is 10.3 Å². The van der Waals surface area contributed by atoms with Gasteiger partial charge in [0, 0.05) is 12.2 Å². The minimum absolute atomic E-state index is 0.0991. The van der Waals surface area contributed by atoms with Crippen LogP contribution in [0.3, 0.4) is 0 Å². The van der Waals surface area contributed by atoms with Crippen molar-refractivity contribution in [3.05, 3.63) is 24.6 Å². The number of anilines is 1. The monoisotopic (exact) mass is 260 g/mol. The molecule has 2 heterocycles. The lowest BCUT2D eigenvalue weighted by Gasteiger charge is -2.28. The lowest BCUT2D eigenvalue weighted by atomic mass is 9.85. The third-order valence-corrected chi connectivity index (χ3v) is 4.14. The van der Waals surface area contributed by atoms with E-state index in [9.17, 15) is 9.90 Å². The van der Waals surface area contributed by atoms with Gasteiger partial charge in [-0.3, -0.25) is 4.79 Å². The minimum atomic E-state index is -0.748. The summed E-state index contributed by atoms with van der Waals surface area (Å²) in [4.78, 5) is 15.8. The molecule has 100 valence electrons. The van der Waals surface area contributed by atoms with E-state index in [1.165, 1.54) is 0 Å². The van der Waals surface area contributed by atoms with Gasteiger partial charge in [0.05, 0.1) is 17.1 Å². The molecular weight excluding hydrogens is 244 g/mol. The van der Waals surface area contributed by atoms with Crippen LogP contribution in [0.15, 0.2) is 29.0 Å². The molecule has 0 aromatic carbocycles. The maximum absolute atomic E-state index is 11.5.